The molecule has 1 aromatic carbocycles. The van der Waals surface area contributed by atoms with Crippen molar-refractivity contribution in [2.75, 3.05) is 6.54 Å². The van der Waals surface area contributed by atoms with Crippen LogP contribution in [0.4, 0.5) is 0 Å². The van der Waals surface area contributed by atoms with Crippen LogP contribution in [-0.2, 0) is 4.74 Å². The molecule has 1 aromatic rings. The molecule has 1 atom stereocenters. The standard InChI is InChI=1S/C9H9NO3/c10-4-8-7-3-5(11)1-2-6(7)9(12)13-8/h1-3,8,11H,4,10H2. The number of phenolic OH excluding ortho intramolecular Hbond substituents is 1. The van der Waals surface area contributed by atoms with Crippen LogP contribution in [-0.4, -0.2) is 17.6 Å². The third-order valence-electron chi connectivity index (χ3n) is 2.07. The Kier molecular flexibility index (Phi) is 1.70. The number of ether oxygens (including phenoxy) is 1. The van der Waals surface area contributed by atoms with Crippen molar-refractivity contribution in [3.63, 3.8) is 0 Å². The molecule has 0 radical (unpaired) electrons. The summed E-state index contributed by atoms with van der Waals surface area (Å²) in [6.07, 6.45) is -0.408. The average Bonchev–Trinajstić information content (AvgIpc) is 2.42. The van der Waals surface area contributed by atoms with E-state index in [1.165, 1.54) is 12.1 Å². The molecule has 4 heteroatoms. The Morgan fingerprint density at radius 3 is 3.00 bits per heavy atom. The van der Waals surface area contributed by atoms with Gasteiger partial charge in [-0.3, -0.25) is 0 Å². The number of phenols is 1. The first kappa shape index (κ1) is 8.07. The lowest BCUT2D eigenvalue weighted by atomic mass is 10.1. The molecule has 1 aliphatic rings. The SMILES string of the molecule is NCC1OC(=O)c2ccc(O)cc21. The number of carbonyl (C=O) groups excluding carboxylic acids is 1. The van der Waals surface area contributed by atoms with Crippen LogP contribution >= 0.6 is 0 Å². The first-order valence-electron chi connectivity index (χ1n) is 3.96. The molecule has 68 valence electrons. The van der Waals surface area contributed by atoms with Gasteiger partial charge in [0.1, 0.15) is 11.9 Å². The summed E-state index contributed by atoms with van der Waals surface area (Å²) in [5, 5.41) is 9.19. The second-order valence-electron chi connectivity index (χ2n) is 2.90. The maximum absolute atomic E-state index is 11.2. The number of nitrogens with two attached hydrogens (primary N) is 1. The van der Waals surface area contributed by atoms with Crippen LogP contribution in [0.1, 0.15) is 22.0 Å². The molecule has 0 fully saturated rings. The van der Waals surface area contributed by atoms with E-state index in [9.17, 15) is 9.90 Å². The zero-order valence-electron chi connectivity index (χ0n) is 6.86. The average molecular weight is 179 g/mol. The summed E-state index contributed by atoms with van der Waals surface area (Å²) in [5.74, 6) is -0.249. The van der Waals surface area contributed by atoms with E-state index in [4.69, 9.17) is 10.5 Å². The minimum atomic E-state index is -0.408. The minimum absolute atomic E-state index is 0.121. The van der Waals surface area contributed by atoms with Crippen molar-refractivity contribution in [2.45, 2.75) is 6.10 Å². The number of benzene rings is 1. The molecule has 1 unspecified atom stereocenters. The summed E-state index contributed by atoms with van der Waals surface area (Å²) >= 11 is 0. The maximum Gasteiger partial charge on any atom is 0.339 e. The van der Waals surface area contributed by atoms with Crippen molar-refractivity contribution in [1.82, 2.24) is 0 Å². The summed E-state index contributed by atoms with van der Waals surface area (Å²) < 4.78 is 4.96. The van der Waals surface area contributed by atoms with E-state index in [0.29, 0.717) is 11.1 Å². The van der Waals surface area contributed by atoms with Crippen molar-refractivity contribution < 1.29 is 14.6 Å². The molecule has 1 heterocycles. The van der Waals surface area contributed by atoms with Gasteiger partial charge >= 0.3 is 5.97 Å². The minimum Gasteiger partial charge on any atom is -0.508 e. The number of hydrogen-bond donors (Lipinski definition) is 2. The molecule has 0 bridgehead atoms. The van der Waals surface area contributed by atoms with E-state index in [-0.39, 0.29) is 18.3 Å². The monoisotopic (exact) mass is 179 g/mol. The Morgan fingerprint density at radius 2 is 2.31 bits per heavy atom. The molecule has 13 heavy (non-hydrogen) atoms. The lowest BCUT2D eigenvalue weighted by molar-refractivity contribution is 0.0402. The van der Waals surface area contributed by atoms with Gasteiger partial charge in [-0.1, -0.05) is 0 Å². The van der Waals surface area contributed by atoms with Crippen molar-refractivity contribution in [1.29, 1.82) is 0 Å². The van der Waals surface area contributed by atoms with Crippen LogP contribution in [0.25, 0.3) is 0 Å². The van der Waals surface area contributed by atoms with Crippen LogP contribution < -0.4 is 5.73 Å². The van der Waals surface area contributed by atoms with Gasteiger partial charge in [0.2, 0.25) is 0 Å². The predicted octanol–water partition coefficient (Wildman–Crippen LogP) is 0.562. The van der Waals surface area contributed by atoms with E-state index >= 15 is 0 Å². The molecule has 2 rings (SSSR count). The molecule has 3 N–H and O–H groups in total. The highest BCUT2D eigenvalue weighted by Gasteiger charge is 2.29. The van der Waals surface area contributed by atoms with Crippen LogP contribution in [0, 0.1) is 0 Å². The number of carbonyl (C=O) groups is 1. The fourth-order valence-electron chi connectivity index (χ4n) is 1.43. The molecular formula is C9H9NO3. The van der Waals surface area contributed by atoms with Crippen molar-refractivity contribution in [3.8, 4) is 5.75 Å². The molecule has 0 amide bonds. The summed E-state index contributed by atoms with van der Waals surface area (Å²) in [6.45, 7) is 0.238. The molecular weight excluding hydrogens is 170 g/mol. The van der Waals surface area contributed by atoms with Crippen LogP contribution in [0.3, 0.4) is 0 Å². The van der Waals surface area contributed by atoms with E-state index in [2.05, 4.69) is 0 Å². The second kappa shape index (κ2) is 2.74. The quantitative estimate of drug-likeness (QED) is 0.618. The Balaban J connectivity index is 2.52. The first-order valence-corrected chi connectivity index (χ1v) is 3.96. The third kappa shape index (κ3) is 1.15. The number of cyclic esters (lactones) is 1. The molecule has 0 aromatic heterocycles. The summed E-state index contributed by atoms with van der Waals surface area (Å²) in [5.41, 5.74) is 6.57. The zero-order chi connectivity index (χ0) is 9.42. The van der Waals surface area contributed by atoms with Crippen LogP contribution in [0.2, 0.25) is 0 Å². The summed E-state index contributed by atoms with van der Waals surface area (Å²) in [6, 6.07) is 4.51. The normalized spacial score (nSPS) is 19.8. The lowest BCUT2D eigenvalue weighted by Gasteiger charge is -2.06. The lowest BCUT2D eigenvalue weighted by Crippen LogP contribution is -2.11. The van der Waals surface area contributed by atoms with Gasteiger partial charge in [0.15, 0.2) is 0 Å². The second-order valence-corrected chi connectivity index (χ2v) is 2.90. The van der Waals surface area contributed by atoms with Gasteiger partial charge in [0, 0.05) is 12.1 Å². The van der Waals surface area contributed by atoms with Gasteiger partial charge in [-0.05, 0) is 18.2 Å². The summed E-state index contributed by atoms with van der Waals surface area (Å²) in [7, 11) is 0. The fraction of sp³-hybridized carbons (Fsp3) is 0.222. The Bertz CT molecular complexity index is 362. The Hall–Kier alpha value is -1.55. The molecule has 4 nitrogen and oxygen atoms in total. The largest absolute Gasteiger partial charge is 0.508 e. The number of rotatable bonds is 1. The zero-order valence-corrected chi connectivity index (χ0v) is 6.86. The van der Waals surface area contributed by atoms with Gasteiger partial charge in [0.05, 0.1) is 5.56 Å². The molecule has 0 saturated heterocycles. The maximum atomic E-state index is 11.2. The molecule has 0 saturated carbocycles. The topological polar surface area (TPSA) is 72.5 Å². The number of aromatic hydroxyl groups is 1. The van der Waals surface area contributed by atoms with Gasteiger partial charge in [-0.15, -0.1) is 0 Å². The highest BCUT2D eigenvalue weighted by molar-refractivity contribution is 5.94. The molecule has 1 aliphatic heterocycles. The number of esters is 1. The van der Waals surface area contributed by atoms with Gasteiger partial charge in [-0.2, -0.15) is 0 Å². The molecule has 0 aliphatic carbocycles. The third-order valence-corrected chi connectivity index (χ3v) is 2.07. The van der Waals surface area contributed by atoms with E-state index in [0.717, 1.165) is 0 Å². The molecule has 0 spiro atoms. The smallest absolute Gasteiger partial charge is 0.339 e. The fourth-order valence-corrected chi connectivity index (χ4v) is 1.43. The predicted molar refractivity (Wildman–Crippen MR) is 45.3 cm³/mol. The highest BCUT2D eigenvalue weighted by atomic mass is 16.5. The van der Waals surface area contributed by atoms with Gasteiger partial charge in [0.25, 0.3) is 0 Å². The number of hydrogen-bond acceptors (Lipinski definition) is 4. The van der Waals surface area contributed by atoms with Crippen molar-refractivity contribution >= 4 is 5.97 Å². The first-order chi connectivity index (χ1) is 6.22. The van der Waals surface area contributed by atoms with E-state index < -0.39 is 6.10 Å². The van der Waals surface area contributed by atoms with Crippen molar-refractivity contribution in [3.05, 3.63) is 29.3 Å². The van der Waals surface area contributed by atoms with Crippen LogP contribution in [0.5, 0.6) is 5.75 Å². The Labute approximate surface area is 74.9 Å². The van der Waals surface area contributed by atoms with Crippen molar-refractivity contribution in [2.24, 2.45) is 5.73 Å². The van der Waals surface area contributed by atoms with Gasteiger partial charge in [-0.25, -0.2) is 4.79 Å². The highest BCUT2D eigenvalue weighted by Crippen LogP contribution is 2.31. The summed E-state index contributed by atoms with van der Waals surface area (Å²) in [4.78, 5) is 11.2. The van der Waals surface area contributed by atoms with Crippen LogP contribution in [0.15, 0.2) is 18.2 Å². The van der Waals surface area contributed by atoms with E-state index in [1.54, 1.807) is 6.07 Å². The van der Waals surface area contributed by atoms with E-state index in [1.807, 2.05) is 0 Å². The Morgan fingerprint density at radius 1 is 1.54 bits per heavy atom. The number of fused-ring (bicyclic) bond motifs is 1. The van der Waals surface area contributed by atoms with Gasteiger partial charge < -0.3 is 15.6 Å².